The number of thioether (sulfide) groups is 1. The van der Waals surface area contributed by atoms with E-state index in [1.807, 2.05) is 7.05 Å². The van der Waals surface area contributed by atoms with E-state index < -0.39 is 12.2 Å². The molecule has 5 aliphatic rings. The van der Waals surface area contributed by atoms with Crippen LogP contribution in [0.25, 0.3) is 0 Å². The molecule has 4 N–H and O–H groups in total. The third kappa shape index (κ3) is 5.38. The van der Waals surface area contributed by atoms with E-state index in [-0.39, 0.29) is 23.3 Å². The van der Waals surface area contributed by atoms with Crippen LogP contribution < -0.4 is 16.0 Å². The maximum atomic E-state index is 13.1. The topological polar surface area (TPSA) is 66.4 Å². The normalized spacial score (nSPS) is 42.3. The molecule has 3 saturated heterocycles. The summed E-state index contributed by atoms with van der Waals surface area (Å²) < 4.78 is 39.3. The van der Waals surface area contributed by atoms with E-state index in [4.69, 9.17) is 5.41 Å². The molecule has 206 valence electrons. The van der Waals surface area contributed by atoms with E-state index in [1.54, 1.807) is 0 Å². The highest BCUT2D eigenvalue weighted by Gasteiger charge is 2.49. The summed E-state index contributed by atoms with van der Waals surface area (Å²) in [5.41, 5.74) is 0. The summed E-state index contributed by atoms with van der Waals surface area (Å²) >= 11 is 1.45. The highest BCUT2D eigenvalue weighted by Crippen LogP contribution is 2.41. The number of nitrogens with one attached hydrogen (secondary N) is 4. The van der Waals surface area contributed by atoms with Crippen molar-refractivity contribution >= 4 is 17.7 Å². The minimum atomic E-state index is -4.15. The standard InChI is InChI=1S/C26H45F3N6S/c1-15(2)18-6-4-5-7-19(18)22-31-12-20-23(33-22)35(25(30)34(20)3)13-16-8-10-17(11-9-16)24-32-21(14-36-24)26(27,28)29/h15-24,30-33H,4-14H2,1-3H3. The molecule has 3 heterocycles. The fraction of sp³-hybridized carbons (Fsp3) is 0.962. The lowest BCUT2D eigenvalue weighted by molar-refractivity contribution is -0.149. The average Bonchev–Trinajstić information content (AvgIpc) is 3.45. The van der Waals surface area contributed by atoms with E-state index in [0.717, 1.165) is 44.7 Å². The Labute approximate surface area is 218 Å². The molecule has 0 amide bonds. The Morgan fingerprint density at radius 2 is 1.78 bits per heavy atom. The lowest BCUT2D eigenvalue weighted by Gasteiger charge is -2.46. The quantitative estimate of drug-likeness (QED) is 0.426. The van der Waals surface area contributed by atoms with Crippen molar-refractivity contribution in [2.24, 2.45) is 29.6 Å². The number of fused-ring (bicyclic) bond motifs is 1. The first-order valence-electron chi connectivity index (χ1n) is 14.1. The van der Waals surface area contributed by atoms with Crippen LogP contribution >= 0.6 is 11.8 Å². The van der Waals surface area contributed by atoms with E-state index in [9.17, 15) is 13.2 Å². The van der Waals surface area contributed by atoms with Crippen LogP contribution in [0.2, 0.25) is 0 Å². The maximum Gasteiger partial charge on any atom is 0.404 e. The molecular formula is C26H45F3N6S. The number of guanidine groups is 1. The van der Waals surface area contributed by atoms with Gasteiger partial charge in [-0.15, -0.1) is 11.8 Å². The summed E-state index contributed by atoms with van der Waals surface area (Å²) in [6, 6.07) is -1.11. The molecule has 2 aliphatic carbocycles. The van der Waals surface area contributed by atoms with Crippen LogP contribution in [0.3, 0.4) is 0 Å². The fourth-order valence-corrected chi connectivity index (χ4v) is 9.15. The summed E-state index contributed by atoms with van der Waals surface area (Å²) in [6.45, 7) is 6.49. The van der Waals surface area contributed by atoms with Crippen molar-refractivity contribution < 1.29 is 13.2 Å². The van der Waals surface area contributed by atoms with E-state index in [2.05, 4.69) is 39.6 Å². The van der Waals surface area contributed by atoms with Crippen molar-refractivity contribution in [1.29, 1.82) is 5.41 Å². The summed E-state index contributed by atoms with van der Waals surface area (Å²) in [5, 5.41) is 19.4. The first-order chi connectivity index (χ1) is 17.1. The van der Waals surface area contributed by atoms with Gasteiger partial charge in [0.1, 0.15) is 12.2 Å². The molecule has 7 unspecified atom stereocenters. The Kier molecular flexibility index (Phi) is 8.07. The summed E-state index contributed by atoms with van der Waals surface area (Å²) in [6.07, 6.45) is 5.54. The van der Waals surface area contributed by atoms with Crippen molar-refractivity contribution in [3.63, 3.8) is 0 Å². The zero-order valence-electron chi connectivity index (χ0n) is 22.0. The summed E-state index contributed by atoms with van der Waals surface area (Å²) in [7, 11) is 2.04. The fourth-order valence-electron chi connectivity index (χ4n) is 7.66. The highest BCUT2D eigenvalue weighted by atomic mass is 32.2. The van der Waals surface area contributed by atoms with Crippen LogP contribution in [0.5, 0.6) is 0 Å². The Morgan fingerprint density at radius 3 is 2.44 bits per heavy atom. The zero-order chi connectivity index (χ0) is 25.6. The van der Waals surface area contributed by atoms with Crippen molar-refractivity contribution in [2.75, 3.05) is 25.9 Å². The number of nitrogens with zero attached hydrogens (tertiary/aromatic N) is 2. The van der Waals surface area contributed by atoms with Gasteiger partial charge in [0, 0.05) is 25.9 Å². The van der Waals surface area contributed by atoms with Crippen molar-refractivity contribution in [3.05, 3.63) is 0 Å². The van der Waals surface area contributed by atoms with E-state index in [1.165, 1.54) is 37.4 Å². The number of hydrogen-bond acceptors (Lipinski definition) is 5. The minimum Gasteiger partial charge on any atom is -0.338 e. The number of halogens is 3. The largest absolute Gasteiger partial charge is 0.404 e. The smallest absolute Gasteiger partial charge is 0.338 e. The predicted octanol–water partition coefficient (Wildman–Crippen LogP) is 4.24. The van der Waals surface area contributed by atoms with Gasteiger partial charge in [-0.25, -0.2) is 0 Å². The van der Waals surface area contributed by atoms with Gasteiger partial charge in [-0.05, 0) is 68.1 Å². The Morgan fingerprint density at radius 1 is 1.06 bits per heavy atom. The number of rotatable bonds is 5. The van der Waals surface area contributed by atoms with Crippen LogP contribution in [-0.4, -0.2) is 77.6 Å². The zero-order valence-corrected chi connectivity index (χ0v) is 22.8. The van der Waals surface area contributed by atoms with Crippen molar-refractivity contribution in [3.8, 4) is 0 Å². The Hall–Kier alpha value is -0.710. The lowest BCUT2D eigenvalue weighted by atomic mass is 9.71. The number of alkyl halides is 3. The second-order valence-corrected chi connectivity index (χ2v) is 13.5. The van der Waals surface area contributed by atoms with Gasteiger partial charge < -0.3 is 9.80 Å². The molecule has 5 fully saturated rings. The maximum absolute atomic E-state index is 13.1. The van der Waals surface area contributed by atoms with Gasteiger partial charge in [-0.2, -0.15) is 13.2 Å². The van der Waals surface area contributed by atoms with Gasteiger partial charge in [-0.1, -0.05) is 26.7 Å². The second kappa shape index (κ2) is 10.8. The van der Waals surface area contributed by atoms with Crippen LogP contribution in [0, 0.1) is 35.0 Å². The molecule has 0 aromatic heterocycles. The number of hydrogen-bond donors (Lipinski definition) is 4. The summed E-state index contributed by atoms with van der Waals surface area (Å²) in [4.78, 5) is 4.41. The second-order valence-electron chi connectivity index (χ2n) is 12.3. The third-order valence-electron chi connectivity index (χ3n) is 9.84. The third-order valence-corrected chi connectivity index (χ3v) is 11.2. The monoisotopic (exact) mass is 530 g/mol. The molecule has 0 aromatic carbocycles. The van der Waals surface area contributed by atoms with Gasteiger partial charge in [0.2, 0.25) is 0 Å². The van der Waals surface area contributed by atoms with Gasteiger partial charge in [-0.3, -0.25) is 21.4 Å². The first-order valence-corrected chi connectivity index (χ1v) is 15.2. The SMILES string of the molecule is CC(C)C1CCCCC1C1NCC2C(N1)N(CC1CCC(C3NC(C(F)(F)F)CS3)CC1)C(=N)N2C. The first kappa shape index (κ1) is 26.9. The molecule has 0 spiro atoms. The van der Waals surface area contributed by atoms with Gasteiger partial charge in [0.15, 0.2) is 5.96 Å². The number of likely N-dealkylation sites (N-methyl/N-ethyl adjacent to an activating group) is 1. The molecule has 7 atom stereocenters. The molecule has 5 rings (SSSR count). The lowest BCUT2D eigenvalue weighted by Crippen LogP contribution is -2.67. The van der Waals surface area contributed by atoms with E-state index >= 15 is 0 Å². The molecule has 0 aromatic rings. The molecule has 2 saturated carbocycles. The Balaban J connectivity index is 1.17. The van der Waals surface area contributed by atoms with Gasteiger partial charge >= 0.3 is 6.18 Å². The molecular weight excluding hydrogens is 485 g/mol. The van der Waals surface area contributed by atoms with Gasteiger partial charge in [0.25, 0.3) is 0 Å². The van der Waals surface area contributed by atoms with Crippen LogP contribution in [-0.2, 0) is 0 Å². The van der Waals surface area contributed by atoms with Crippen LogP contribution in [0.1, 0.15) is 65.2 Å². The van der Waals surface area contributed by atoms with Crippen LogP contribution in [0.15, 0.2) is 0 Å². The molecule has 3 aliphatic heterocycles. The van der Waals surface area contributed by atoms with Crippen LogP contribution in [0.4, 0.5) is 13.2 Å². The predicted molar refractivity (Wildman–Crippen MR) is 140 cm³/mol. The summed E-state index contributed by atoms with van der Waals surface area (Å²) in [5.74, 6) is 3.60. The Bertz CT molecular complexity index is 773. The molecule has 6 nitrogen and oxygen atoms in total. The van der Waals surface area contributed by atoms with Crippen molar-refractivity contribution in [1.82, 2.24) is 25.8 Å². The molecule has 36 heavy (non-hydrogen) atoms. The molecule has 0 radical (unpaired) electrons. The minimum absolute atomic E-state index is 0.0746. The van der Waals surface area contributed by atoms with Gasteiger partial charge in [0.05, 0.1) is 17.6 Å². The molecule has 0 bridgehead atoms. The molecule has 10 heteroatoms. The van der Waals surface area contributed by atoms with Crippen molar-refractivity contribution in [2.45, 2.75) is 101 Å². The average molecular weight is 531 g/mol. The highest BCUT2D eigenvalue weighted by molar-refractivity contribution is 8.00. The van der Waals surface area contributed by atoms with E-state index in [0.29, 0.717) is 35.8 Å².